The average molecular weight is 296 g/mol. The lowest BCUT2D eigenvalue weighted by Gasteiger charge is -2.32. The molecule has 0 aliphatic carbocycles. The van der Waals surface area contributed by atoms with Crippen LogP contribution in [0.15, 0.2) is 30.3 Å². The molecule has 1 N–H and O–H groups in total. The molecule has 1 spiro atoms. The lowest BCUT2D eigenvalue weighted by molar-refractivity contribution is 0.00990. The largest absolute Gasteiger partial charge is 0.445 e. The van der Waals surface area contributed by atoms with E-state index < -0.39 is 24.1 Å². The van der Waals surface area contributed by atoms with E-state index in [9.17, 15) is 13.6 Å². The highest BCUT2D eigenvalue weighted by molar-refractivity contribution is 5.69. The first-order chi connectivity index (χ1) is 10.0. The predicted molar refractivity (Wildman–Crippen MR) is 73.1 cm³/mol. The number of likely N-dealkylation sites (tertiary alicyclic amines) is 1. The molecule has 21 heavy (non-hydrogen) atoms. The van der Waals surface area contributed by atoms with Crippen LogP contribution in [0.3, 0.4) is 0 Å². The number of carbonyl (C=O) groups is 1. The number of carbonyl (C=O) groups excluding carboxylic acids is 1. The highest BCUT2D eigenvalue weighted by Crippen LogP contribution is 2.43. The van der Waals surface area contributed by atoms with Gasteiger partial charge in [-0.3, -0.25) is 4.90 Å². The number of rotatable bonds is 2. The van der Waals surface area contributed by atoms with Gasteiger partial charge in [-0.25, -0.2) is 13.6 Å². The third-order valence-corrected chi connectivity index (χ3v) is 4.20. The molecule has 2 saturated heterocycles. The van der Waals surface area contributed by atoms with E-state index in [2.05, 4.69) is 5.32 Å². The van der Waals surface area contributed by atoms with E-state index in [0.29, 0.717) is 19.5 Å². The van der Waals surface area contributed by atoms with E-state index in [0.717, 1.165) is 5.56 Å². The van der Waals surface area contributed by atoms with Gasteiger partial charge in [-0.2, -0.15) is 0 Å². The minimum Gasteiger partial charge on any atom is -0.445 e. The molecule has 6 heteroatoms. The van der Waals surface area contributed by atoms with Crippen molar-refractivity contribution in [2.45, 2.75) is 30.9 Å². The van der Waals surface area contributed by atoms with Gasteiger partial charge in [0.05, 0.1) is 12.1 Å². The van der Waals surface area contributed by atoms with E-state index in [1.165, 1.54) is 4.90 Å². The van der Waals surface area contributed by atoms with Crippen LogP contribution in [0.1, 0.15) is 18.4 Å². The van der Waals surface area contributed by atoms with E-state index in [1.807, 2.05) is 30.3 Å². The molecule has 1 aromatic carbocycles. The maximum atomic E-state index is 13.7. The second kappa shape index (κ2) is 5.26. The van der Waals surface area contributed by atoms with E-state index in [4.69, 9.17) is 4.74 Å². The third kappa shape index (κ3) is 2.85. The molecular weight excluding hydrogens is 278 g/mol. The molecular formula is C15H18F2N2O2. The normalized spacial score (nSPS) is 27.2. The summed E-state index contributed by atoms with van der Waals surface area (Å²) < 4.78 is 32.7. The number of alkyl halides is 2. The van der Waals surface area contributed by atoms with Crippen molar-refractivity contribution in [3.05, 3.63) is 35.9 Å². The summed E-state index contributed by atoms with van der Waals surface area (Å²) in [6.45, 7) is 0.606. The van der Waals surface area contributed by atoms with E-state index in [-0.39, 0.29) is 13.0 Å². The van der Waals surface area contributed by atoms with Crippen LogP contribution in [0.5, 0.6) is 0 Å². The molecule has 2 heterocycles. The molecule has 3 rings (SSSR count). The van der Waals surface area contributed by atoms with Gasteiger partial charge >= 0.3 is 6.09 Å². The van der Waals surface area contributed by atoms with Gasteiger partial charge < -0.3 is 10.1 Å². The number of benzene rings is 1. The number of hydrogen-bond acceptors (Lipinski definition) is 3. The number of halogens is 2. The first-order valence-corrected chi connectivity index (χ1v) is 7.08. The number of hydrogen-bond donors (Lipinski definition) is 1. The van der Waals surface area contributed by atoms with Crippen LogP contribution in [0.4, 0.5) is 13.6 Å². The summed E-state index contributed by atoms with van der Waals surface area (Å²) in [5.74, 6) is -2.84. The van der Waals surface area contributed by atoms with Crippen LogP contribution in [0, 0.1) is 0 Å². The maximum absolute atomic E-state index is 13.7. The van der Waals surface area contributed by atoms with Crippen molar-refractivity contribution in [3.63, 3.8) is 0 Å². The van der Waals surface area contributed by atoms with Crippen molar-refractivity contribution in [1.29, 1.82) is 0 Å². The molecule has 0 saturated carbocycles. The monoisotopic (exact) mass is 296 g/mol. The third-order valence-electron chi connectivity index (χ3n) is 4.20. The topological polar surface area (TPSA) is 41.6 Å². The molecule has 2 fully saturated rings. The first kappa shape index (κ1) is 14.3. The molecule has 0 bridgehead atoms. The molecule has 0 aromatic heterocycles. The fraction of sp³-hybridized carbons (Fsp3) is 0.533. The van der Waals surface area contributed by atoms with Gasteiger partial charge in [0.15, 0.2) is 0 Å². The molecule has 1 aromatic rings. The van der Waals surface area contributed by atoms with Gasteiger partial charge in [-0.05, 0) is 18.5 Å². The van der Waals surface area contributed by atoms with Gasteiger partial charge in [-0.1, -0.05) is 30.3 Å². The van der Waals surface area contributed by atoms with Crippen molar-refractivity contribution in [3.8, 4) is 0 Å². The van der Waals surface area contributed by atoms with Crippen LogP contribution >= 0.6 is 0 Å². The molecule has 1 unspecified atom stereocenters. The molecule has 4 nitrogen and oxygen atoms in total. The minimum absolute atomic E-state index is 0.102. The second-order valence-electron chi connectivity index (χ2n) is 5.81. The summed E-state index contributed by atoms with van der Waals surface area (Å²) in [6.07, 6.45) is -0.393. The van der Waals surface area contributed by atoms with Crippen molar-refractivity contribution in [2.75, 3.05) is 19.6 Å². The zero-order valence-electron chi connectivity index (χ0n) is 11.6. The first-order valence-electron chi connectivity index (χ1n) is 7.08. The van der Waals surface area contributed by atoms with Crippen LogP contribution in [0.2, 0.25) is 0 Å². The zero-order valence-corrected chi connectivity index (χ0v) is 11.6. The summed E-state index contributed by atoms with van der Waals surface area (Å²) in [5, 5.41) is 3.07. The van der Waals surface area contributed by atoms with Crippen molar-refractivity contribution in [1.82, 2.24) is 10.2 Å². The van der Waals surface area contributed by atoms with E-state index in [1.54, 1.807) is 0 Å². The Morgan fingerprint density at radius 1 is 1.33 bits per heavy atom. The summed E-state index contributed by atoms with van der Waals surface area (Å²) in [7, 11) is 0. The number of ether oxygens (including phenoxy) is 1. The SMILES string of the molecule is O=C(OCc1ccccc1)N1CC(F)(F)CC12CCNC2. The number of nitrogens with one attached hydrogen (secondary N) is 1. The standard InChI is InChI=1S/C15H18F2N2O2/c16-15(17)9-14(6-7-18-10-14)19(11-15)13(20)21-8-12-4-2-1-3-5-12/h1-5,18H,6-11H2. The molecule has 2 aliphatic heterocycles. The van der Waals surface area contributed by atoms with Crippen molar-refractivity contribution >= 4 is 6.09 Å². The minimum atomic E-state index is -2.84. The van der Waals surface area contributed by atoms with Crippen LogP contribution in [-0.2, 0) is 11.3 Å². The van der Waals surface area contributed by atoms with Gasteiger partial charge in [-0.15, -0.1) is 0 Å². The molecule has 1 atom stereocenters. The highest BCUT2D eigenvalue weighted by atomic mass is 19.3. The molecule has 0 radical (unpaired) electrons. The van der Waals surface area contributed by atoms with Gasteiger partial charge in [0.1, 0.15) is 6.61 Å². The molecule has 114 valence electrons. The Hall–Kier alpha value is -1.69. The Balaban J connectivity index is 1.68. The smallest absolute Gasteiger partial charge is 0.410 e. The Kier molecular flexibility index (Phi) is 3.57. The summed E-state index contributed by atoms with van der Waals surface area (Å²) in [6, 6.07) is 9.22. The highest BCUT2D eigenvalue weighted by Gasteiger charge is 2.58. The van der Waals surface area contributed by atoms with Crippen LogP contribution < -0.4 is 5.32 Å². The van der Waals surface area contributed by atoms with Crippen LogP contribution in [0.25, 0.3) is 0 Å². The zero-order chi connectivity index (χ0) is 14.9. The Morgan fingerprint density at radius 2 is 2.10 bits per heavy atom. The molecule has 1 amide bonds. The fourth-order valence-electron chi connectivity index (χ4n) is 3.20. The lowest BCUT2D eigenvalue weighted by Crippen LogP contribution is -2.48. The predicted octanol–water partition coefficient (Wildman–Crippen LogP) is 2.40. The van der Waals surface area contributed by atoms with Gasteiger partial charge in [0.2, 0.25) is 0 Å². The number of nitrogens with zero attached hydrogens (tertiary/aromatic N) is 1. The summed E-state index contributed by atoms with van der Waals surface area (Å²) in [4.78, 5) is 13.4. The summed E-state index contributed by atoms with van der Waals surface area (Å²) in [5.41, 5.74) is 0.0486. The quantitative estimate of drug-likeness (QED) is 0.911. The molecule has 2 aliphatic rings. The van der Waals surface area contributed by atoms with Gasteiger partial charge in [0, 0.05) is 13.0 Å². The van der Waals surface area contributed by atoms with Crippen molar-refractivity contribution < 1.29 is 18.3 Å². The lowest BCUT2D eigenvalue weighted by atomic mass is 9.94. The van der Waals surface area contributed by atoms with Crippen molar-refractivity contribution in [2.24, 2.45) is 0 Å². The van der Waals surface area contributed by atoms with Crippen LogP contribution in [-0.4, -0.2) is 42.1 Å². The Bertz CT molecular complexity index is 516. The number of amides is 1. The van der Waals surface area contributed by atoms with E-state index >= 15 is 0 Å². The summed E-state index contributed by atoms with van der Waals surface area (Å²) >= 11 is 0. The fourth-order valence-corrected chi connectivity index (χ4v) is 3.20. The van der Waals surface area contributed by atoms with Gasteiger partial charge in [0.25, 0.3) is 5.92 Å². The Morgan fingerprint density at radius 3 is 2.76 bits per heavy atom. The Labute approximate surface area is 122 Å². The average Bonchev–Trinajstić information content (AvgIpc) is 3.02. The maximum Gasteiger partial charge on any atom is 0.410 e. The second-order valence-corrected chi connectivity index (χ2v) is 5.81.